The van der Waals surface area contributed by atoms with Crippen molar-refractivity contribution in [3.8, 4) is 0 Å². The number of Topliss-reactive ketones (excluding diaryl/α,β-unsaturated/α-hetero) is 1. The SMILES string of the molecule is CCOCCC(=O)Cc1sc(Sc2ccncc2C(=O)OCC)nc1C. The largest absolute Gasteiger partial charge is 0.462 e. The summed E-state index contributed by atoms with van der Waals surface area (Å²) in [6.45, 7) is 6.94. The molecule has 0 bridgehead atoms. The molecule has 0 fully saturated rings. The van der Waals surface area contributed by atoms with Crippen LogP contribution in [0.1, 0.15) is 41.2 Å². The predicted molar refractivity (Wildman–Crippen MR) is 101 cm³/mol. The van der Waals surface area contributed by atoms with Crippen molar-refractivity contribution in [2.45, 2.75) is 42.8 Å². The first kappa shape index (κ1) is 20.5. The highest BCUT2D eigenvalue weighted by molar-refractivity contribution is 8.01. The second kappa shape index (κ2) is 10.4. The summed E-state index contributed by atoms with van der Waals surface area (Å²) in [6, 6.07) is 1.76. The number of hydrogen-bond donors (Lipinski definition) is 0. The Bertz CT molecular complexity index is 761. The molecule has 2 aromatic heterocycles. The van der Waals surface area contributed by atoms with Gasteiger partial charge in [-0.3, -0.25) is 9.78 Å². The van der Waals surface area contributed by atoms with Crippen LogP contribution in [-0.2, 0) is 20.7 Å². The molecular formula is C18H22N2O4S2. The number of ether oxygens (including phenoxy) is 2. The molecule has 0 aliphatic carbocycles. The zero-order valence-corrected chi connectivity index (χ0v) is 16.7. The molecule has 0 aliphatic heterocycles. The van der Waals surface area contributed by atoms with Crippen LogP contribution < -0.4 is 0 Å². The topological polar surface area (TPSA) is 78.4 Å². The van der Waals surface area contributed by atoms with Crippen LogP contribution >= 0.6 is 23.1 Å². The minimum atomic E-state index is -0.400. The Morgan fingerprint density at radius 1 is 1.27 bits per heavy atom. The lowest BCUT2D eigenvalue weighted by Crippen LogP contribution is -2.07. The van der Waals surface area contributed by atoms with Crippen molar-refractivity contribution < 1.29 is 19.1 Å². The van der Waals surface area contributed by atoms with Crippen LogP contribution in [0.4, 0.5) is 0 Å². The van der Waals surface area contributed by atoms with Crippen molar-refractivity contribution in [2.75, 3.05) is 19.8 Å². The molecule has 0 amide bonds. The molecule has 0 spiro atoms. The van der Waals surface area contributed by atoms with E-state index in [0.29, 0.717) is 38.2 Å². The van der Waals surface area contributed by atoms with Gasteiger partial charge in [0.1, 0.15) is 5.78 Å². The fraction of sp³-hybridized carbons (Fsp3) is 0.444. The van der Waals surface area contributed by atoms with E-state index in [2.05, 4.69) is 9.97 Å². The molecule has 0 aromatic carbocycles. The third kappa shape index (κ3) is 5.89. The van der Waals surface area contributed by atoms with E-state index in [-0.39, 0.29) is 5.78 Å². The number of rotatable bonds is 10. The molecule has 0 radical (unpaired) electrons. The minimum Gasteiger partial charge on any atom is -0.462 e. The van der Waals surface area contributed by atoms with Crippen LogP contribution in [0.3, 0.4) is 0 Å². The maximum absolute atomic E-state index is 12.0. The molecule has 0 aliphatic rings. The molecular weight excluding hydrogens is 372 g/mol. The molecule has 0 N–H and O–H groups in total. The summed E-state index contributed by atoms with van der Waals surface area (Å²) in [5.41, 5.74) is 1.26. The van der Waals surface area contributed by atoms with Gasteiger partial charge in [-0.05, 0) is 26.8 Å². The first-order valence-electron chi connectivity index (χ1n) is 8.39. The van der Waals surface area contributed by atoms with Crippen molar-refractivity contribution in [1.82, 2.24) is 9.97 Å². The van der Waals surface area contributed by atoms with Gasteiger partial charge in [0.05, 0.1) is 24.5 Å². The van der Waals surface area contributed by atoms with Gasteiger partial charge in [-0.2, -0.15) is 0 Å². The Balaban J connectivity index is 2.08. The summed E-state index contributed by atoms with van der Waals surface area (Å²) in [5, 5.41) is 0. The Hall–Kier alpha value is -1.77. The molecule has 140 valence electrons. The van der Waals surface area contributed by atoms with Gasteiger partial charge in [0.25, 0.3) is 0 Å². The Morgan fingerprint density at radius 2 is 2.08 bits per heavy atom. The maximum Gasteiger partial charge on any atom is 0.340 e. The molecule has 2 aromatic rings. The quantitative estimate of drug-likeness (QED) is 0.449. The number of thiazole rings is 1. The van der Waals surface area contributed by atoms with E-state index in [1.165, 1.54) is 29.3 Å². The zero-order chi connectivity index (χ0) is 18.9. The summed E-state index contributed by atoms with van der Waals surface area (Å²) in [7, 11) is 0. The van der Waals surface area contributed by atoms with Crippen LogP contribution in [0.15, 0.2) is 27.7 Å². The fourth-order valence-electron chi connectivity index (χ4n) is 2.13. The second-order valence-electron chi connectivity index (χ2n) is 5.35. The molecule has 0 atom stereocenters. The first-order valence-corrected chi connectivity index (χ1v) is 10.0. The average Bonchev–Trinajstić information content (AvgIpc) is 2.95. The van der Waals surface area contributed by atoms with Gasteiger partial charge in [-0.1, -0.05) is 11.8 Å². The normalized spacial score (nSPS) is 10.7. The van der Waals surface area contributed by atoms with Gasteiger partial charge in [-0.15, -0.1) is 11.3 Å². The Labute approximate surface area is 161 Å². The third-order valence-corrected chi connectivity index (χ3v) is 5.73. The summed E-state index contributed by atoms with van der Waals surface area (Å²) in [5.74, 6) is -0.263. The number of hydrogen-bond acceptors (Lipinski definition) is 8. The summed E-state index contributed by atoms with van der Waals surface area (Å²) >= 11 is 2.86. The van der Waals surface area contributed by atoms with Gasteiger partial charge in [0.2, 0.25) is 0 Å². The number of nitrogens with zero attached hydrogens (tertiary/aromatic N) is 2. The smallest absolute Gasteiger partial charge is 0.340 e. The molecule has 2 rings (SSSR count). The lowest BCUT2D eigenvalue weighted by Gasteiger charge is -2.05. The highest BCUT2D eigenvalue weighted by Gasteiger charge is 2.17. The molecule has 26 heavy (non-hydrogen) atoms. The highest BCUT2D eigenvalue weighted by Crippen LogP contribution is 2.35. The summed E-state index contributed by atoms with van der Waals surface area (Å²) in [6.07, 6.45) is 3.89. The molecule has 6 nitrogen and oxygen atoms in total. The van der Waals surface area contributed by atoms with E-state index in [4.69, 9.17) is 9.47 Å². The maximum atomic E-state index is 12.0. The van der Waals surface area contributed by atoms with Crippen LogP contribution in [0.25, 0.3) is 0 Å². The lowest BCUT2D eigenvalue weighted by atomic mass is 10.2. The predicted octanol–water partition coefficient (Wildman–Crippen LogP) is 3.71. The number of aromatic nitrogens is 2. The molecule has 0 saturated heterocycles. The highest BCUT2D eigenvalue weighted by atomic mass is 32.2. The molecule has 0 saturated carbocycles. The molecule has 0 unspecified atom stereocenters. The van der Waals surface area contributed by atoms with E-state index < -0.39 is 5.97 Å². The lowest BCUT2D eigenvalue weighted by molar-refractivity contribution is -0.119. The van der Waals surface area contributed by atoms with E-state index >= 15 is 0 Å². The van der Waals surface area contributed by atoms with Gasteiger partial charge in [0, 0.05) is 41.6 Å². The minimum absolute atomic E-state index is 0.137. The zero-order valence-electron chi connectivity index (χ0n) is 15.1. The Kier molecular flexibility index (Phi) is 8.21. The number of carbonyl (C=O) groups excluding carboxylic acids is 2. The van der Waals surface area contributed by atoms with Gasteiger partial charge < -0.3 is 9.47 Å². The number of ketones is 1. The van der Waals surface area contributed by atoms with E-state index in [0.717, 1.165) is 19.8 Å². The van der Waals surface area contributed by atoms with Crippen molar-refractivity contribution in [3.63, 3.8) is 0 Å². The fourth-order valence-corrected chi connectivity index (χ4v) is 4.44. The van der Waals surface area contributed by atoms with E-state index in [1.54, 1.807) is 19.2 Å². The first-order chi connectivity index (χ1) is 12.5. The number of aryl methyl sites for hydroxylation is 1. The summed E-state index contributed by atoms with van der Waals surface area (Å²) < 4.78 is 11.1. The second-order valence-corrected chi connectivity index (χ2v) is 7.72. The van der Waals surface area contributed by atoms with Crippen LogP contribution in [-0.4, -0.2) is 41.5 Å². The monoisotopic (exact) mass is 394 g/mol. The number of esters is 1. The number of carbonyl (C=O) groups is 2. The standard InChI is InChI=1S/C18H22N2O4S2/c1-4-23-9-7-13(21)10-16-12(3)20-18(26-16)25-15-6-8-19-11-14(15)17(22)24-5-2/h6,8,11H,4-5,7,9-10H2,1-3H3. The van der Waals surface area contributed by atoms with Crippen molar-refractivity contribution in [3.05, 3.63) is 34.6 Å². The van der Waals surface area contributed by atoms with Gasteiger partial charge >= 0.3 is 5.97 Å². The third-order valence-electron chi connectivity index (χ3n) is 3.43. The van der Waals surface area contributed by atoms with Crippen molar-refractivity contribution in [1.29, 1.82) is 0 Å². The van der Waals surface area contributed by atoms with Crippen molar-refractivity contribution >= 4 is 34.9 Å². The van der Waals surface area contributed by atoms with Gasteiger partial charge in [-0.25, -0.2) is 9.78 Å². The van der Waals surface area contributed by atoms with Crippen LogP contribution in [0.2, 0.25) is 0 Å². The van der Waals surface area contributed by atoms with E-state index in [1.807, 2.05) is 13.8 Å². The number of pyridine rings is 1. The molecule has 8 heteroatoms. The Morgan fingerprint density at radius 3 is 2.81 bits per heavy atom. The van der Waals surface area contributed by atoms with Crippen LogP contribution in [0.5, 0.6) is 0 Å². The van der Waals surface area contributed by atoms with Gasteiger partial charge in [0.15, 0.2) is 4.34 Å². The van der Waals surface area contributed by atoms with Crippen molar-refractivity contribution in [2.24, 2.45) is 0 Å². The average molecular weight is 395 g/mol. The van der Waals surface area contributed by atoms with E-state index in [9.17, 15) is 9.59 Å². The summed E-state index contributed by atoms with van der Waals surface area (Å²) in [4.78, 5) is 34.3. The molecule has 2 heterocycles. The van der Waals surface area contributed by atoms with Crippen LogP contribution in [0, 0.1) is 6.92 Å².